The van der Waals surface area contributed by atoms with Crippen LogP contribution in [0.4, 0.5) is 0 Å². The van der Waals surface area contributed by atoms with Gasteiger partial charge in [-0.1, -0.05) is 39.0 Å². The second kappa shape index (κ2) is 9.68. The van der Waals surface area contributed by atoms with Crippen LogP contribution in [0, 0.1) is 11.8 Å². The summed E-state index contributed by atoms with van der Waals surface area (Å²) >= 11 is 0. The van der Waals surface area contributed by atoms with E-state index in [1.54, 1.807) is 31.2 Å². The van der Waals surface area contributed by atoms with Crippen LogP contribution in [0.15, 0.2) is 30.3 Å². The maximum atomic E-state index is 12.6. The van der Waals surface area contributed by atoms with Gasteiger partial charge in [0.1, 0.15) is 0 Å². The van der Waals surface area contributed by atoms with Crippen LogP contribution in [0.1, 0.15) is 45.0 Å². The van der Waals surface area contributed by atoms with Crippen molar-refractivity contribution in [3.05, 3.63) is 35.9 Å². The number of Topliss-reactive ketones (excluding diaryl/α,β-unsaturated/α-hetero) is 1. The van der Waals surface area contributed by atoms with E-state index in [1.165, 1.54) is 0 Å². The molecule has 0 saturated carbocycles. The van der Waals surface area contributed by atoms with Gasteiger partial charge in [0.25, 0.3) is 0 Å². The number of ether oxygens (including phenoxy) is 1. The fourth-order valence-corrected chi connectivity index (χ4v) is 2.55. The van der Waals surface area contributed by atoms with Gasteiger partial charge in [0, 0.05) is 17.9 Å². The zero-order valence-corrected chi connectivity index (χ0v) is 16.1. The Labute approximate surface area is 151 Å². The molecule has 1 aromatic carbocycles. The van der Waals surface area contributed by atoms with E-state index in [9.17, 15) is 14.7 Å². The van der Waals surface area contributed by atoms with Crippen LogP contribution in [0.3, 0.4) is 0 Å². The summed E-state index contributed by atoms with van der Waals surface area (Å²) in [5.41, 5.74) is 0.471. The van der Waals surface area contributed by atoms with Crippen molar-refractivity contribution in [1.29, 1.82) is 0 Å². The smallest absolute Gasteiger partial charge is 0.338 e. The molecular formula is C20H31NO4. The molecule has 140 valence electrons. The lowest BCUT2D eigenvalue weighted by Gasteiger charge is -2.36. The second-order valence-electron chi connectivity index (χ2n) is 7.19. The van der Waals surface area contributed by atoms with Crippen molar-refractivity contribution in [2.45, 2.75) is 52.8 Å². The fourth-order valence-electron chi connectivity index (χ4n) is 2.55. The summed E-state index contributed by atoms with van der Waals surface area (Å²) in [5.74, 6) is -0.977. The van der Waals surface area contributed by atoms with Crippen LogP contribution in [0.2, 0.25) is 0 Å². The van der Waals surface area contributed by atoms with Gasteiger partial charge >= 0.3 is 5.97 Å². The van der Waals surface area contributed by atoms with Crippen molar-refractivity contribution in [2.75, 3.05) is 13.7 Å². The van der Waals surface area contributed by atoms with Crippen LogP contribution in [-0.2, 0) is 9.53 Å². The van der Waals surface area contributed by atoms with E-state index in [-0.39, 0.29) is 30.3 Å². The van der Waals surface area contributed by atoms with Crippen molar-refractivity contribution in [2.24, 2.45) is 11.8 Å². The Hall–Kier alpha value is -1.72. The van der Waals surface area contributed by atoms with E-state index < -0.39 is 18.1 Å². The number of rotatable bonds is 9. The maximum absolute atomic E-state index is 12.6. The monoisotopic (exact) mass is 349 g/mol. The molecule has 0 bridgehead atoms. The fraction of sp³-hybridized carbons (Fsp3) is 0.600. The van der Waals surface area contributed by atoms with E-state index in [0.29, 0.717) is 5.56 Å². The largest absolute Gasteiger partial charge is 0.462 e. The Morgan fingerprint density at radius 1 is 1.08 bits per heavy atom. The number of aliphatic hydroxyl groups excluding tert-OH is 1. The van der Waals surface area contributed by atoms with Gasteiger partial charge in [0.2, 0.25) is 0 Å². The molecule has 0 amide bonds. The number of benzene rings is 1. The van der Waals surface area contributed by atoms with Gasteiger partial charge in [-0.15, -0.1) is 0 Å². The van der Waals surface area contributed by atoms with Gasteiger partial charge in [-0.3, -0.25) is 9.69 Å². The van der Waals surface area contributed by atoms with Gasteiger partial charge in [0.15, 0.2) is 5.78 Å². The molecule has 1 rings (SSSR count). The normalized spacial score (nSPS) is 15.3. The predicted octanol–water partition coefficient (Wildman–Crippen LogP) is 2.77. The Balaban J connectivity index is 2.77. The molecule has 5 nitrogen and oxygen atoms in total. The van der Waals surface area contributed by atoms with Gasteiger partial charge in [-0.05, 0) is 33.0 Å². The van der Waals surface area contributed by atoms with Crippen molar-refractivity contribution in [3.8, 4) is 0 Å². The minimum absolute atomic E-state index is 0.00932. The van der Waals surface area contributed by atoms with Crippen molar-refractivity contribution in [3.63, 3.8) is 0 Å². The number of aliphatic hydroxyl groups is 1. The number of ketones is 1. The number of hydrogen-bond donors (Lipinski definition) is 1. The van der Waals surface area contributed by atoms with Gasteiger partial charge in [-0.25, -0.2) is 4.79 Å². The molecule has 0 heterocycles. The number of likely N-dealkylation sites (N-methyl/N-ethyl adjacent to an activating group) is 1. The highest BCUT2D eigenvalue weighted by Gasteiger charge is 2.36. The number of carbonyl (C=O) groups excluding carboxylic acids is 2. The van der Waals surface area contributed by atoms with Crippen LogP contribution in [-0.4, -0.2) is 53.6 Å². The second-order valence-corrected chi connectivity index (χ2v) is 7.19. The summed E-state index contributed by atoms with van der Waals surface area (Å²) in [6, 6.07) is 8.22. The zero-order valence-electron chi connectivity index (χ0n) is 16.1. The molecule has 0 aliphatic carbocycles. The summed E-state index contributed by atoms with van der Waals surface area (Å²) in [5, 5.41) is 10.7. The van der Waals surface area contributed by atoms with E-state index in [2.05, 4.69) is 0 Å². The molecular weight excluding hydrogens is 318 g/mol. The molecule has 0 aliphatic rings. The summed E-state index contributed by atoms with van der Waals surface area (Å²) < 4.78 is 5.31. The molecule has 1 N–H and O–H groups in total. The first kappa shape index (κ1) is 21.3. The minimum Gasteiger partial charge on any atom is -0.462 e. The maximum Gasteiger partial charge on any atom is 0.338 e. The van der Waals surface area contributed by atoms with Gasteiger partial charge in [-0.2, -0.15) is 0 Å². The number of hydrogen-bond acceptors (Lipinski definition) is 5. The summed E-state index contributed by atoms with van der Waals surface area (Å²) in [6.07, 6.45) is -0.911. The number of esters is 1. The van der Waals surface area contributed by atoms with Crippen LogP contribution < -0.4 is 0 Å². The third-order valence-corrected chi connectivity index (χ3v) is 4.51. The first-order chi connectivity index (χ1) is 11.7. The molecule has 0 spiro atoms. The Bertz CT molecular complexity index is 556. The topological polar surface area (TPSA) is 66.8 Å². The van der Waals surface area contributed by atoms with E-state index in [4.69, 9.17) is 4.74 Å². The van der Waals surface area contributed by atoms with Crippen molar-refractivity contribution < 1.29 is 19.4 Å². The summed E-state index contributed by atoms with van der Waals surface area (Å²) in [4.78, 5) is 26.5. The lowest BCUT2D eigenvalue weighted by atomic mass is 9.89. The van der Waals surface area contributed by atoms with E-state index in [1.807, 2.05) is 45.7 Å². The van der Waals surface area contributed by atoms with Crippen molar-refractivity contribution in [1.82, 2.24) is 4.90 Å². The molecule has 0 aromatic heterocycles. The van der Waals surface area contributed by atoms with Gasteiger partial charge < -0.3 is 9.84 Å². The first-order valence-corrected chi connectivity index (χ1v) is 8.82. The Kier molecular flexibility index (Phi) is 8.26. The van der Waals surface area contributed by atoms with E-state index in [0.717, 1.165) is 0 Å². The molecule has 25 heavy (non-hydrogen) atoms. The first-order valence-electron chi connectivity index (χ1n) is 8.82. The molecule has 1 aromatic rings. The lowest BCUT2D eigenvalue weighted by Crippen LogP contribution is -2.53. The van der Waals surface area contributed by atoms with Gasteiger partial charge in [0.05, 0.1) is 24.3 Å². The molecule has 0 aliphatic heterocycles. The summed E-state index contributed by atoms with van der Waals surface area (Å²) in [6.45, 7) is 9.47. The highest BCUT2D eigenvalue weighted by molar-refractivity contribution is 5.89. The molecule has 3 atom stereocenters. The summed E-state index contributed by atoms with van der Waals surface area (Å²) in [7, 11) is 1.83. The average Bonchev–Trinajstić information content (AvgIpc) is 2.59. The minimum atomic E-state index is -0.911. The Morgan fingerprint density at radius 3 is 2.12 bits per heavy atom. The average molecular weight is 349 g/mol. The van der Waals surface area contributed by atoms with Crippen LogP contribution >= 0.6 is 0 Å². The SMILES string of the molecule is CC(C)C(=O)[C@H]([C@H](O)[C@H](C)COC(=O)c1ccccc1)N(C)C(C)C. The zero-order chi connectivity index (χ0) is 19.1. The molecule has 5 heteroatoms. The van der Waals surface area contributed by atoms with Crippen molar-refractivity contribution >= 4 is 11.8 Å². The molecule has 0 fully saturated rings. The van der Waals surface area contributed by atoms with Crippen LogP contribution in [0.25, 0.3) is 0 Å². The third-order valence-electron chi connectivity index (χ3n) is 4.51. The quantitative estimate of drug-likeness (QED) is 0.695. The third kappa shape index (κ3) is 5.94. The molecule has 0 radical (unpaired) electrons. The molecule has 0 saturated heterocycles. The molecule has 0 unspecified atom stereocenters. The number of carbonyl (C=O) groups is 2. The van der Waals surface area contributed by atoms with Crippen LogP contribution in [0.5, 0.6) is 0 Å². The Morgan fingerprint density at radius 2 is 1.64 bits per heavy atom. The lowest BCUT2D eigenvalue weighted by molar-refractivity contribution is -0.133. The van der Waals surface area contributed by atoms with E-state index >= 15 is 0 Å². The highest BCUT2D eigenvalue weighted by Crippen LogP contribution is 2.19. The standard InChI is InChI=1S/C20H31NO4/c1-13(2)18(22)17(21(6)14(3)4)19(23)15(5)12-25-20(24)16-10-8-7-9-11-16/h7-11,13-15,17,19,23H,12H2,1-6H3/t15-,17-,19-/m1/s1. The number of nitrogens with zero attached hydrogens (tertiary/aromatic N) is 1. The predicted molar refractivity (Wildman–Crippen MR) is 98.4 cm³/mol. The highest BCUT2D eigenvalue weighted by atomic mass is 16.5.